The van der Waals surface area contributed by atoms with Crippen LogP contribution < -0.4 is 5.73 Å². The Morgan fingerprint density at radius 2 is 2.21 bits per heavy atom. The lowest BCUT2D eigenvalue weighted by Gasteiger charge is -2.08. The first kappa shape index (κ1) is 10.8. The summed E-state index contributed by atoms with van der Waals surface area (Å²) in [7, 11) is 0. The summed E-state index contributed by atoms with van der Waals surface area (Å²) in [6.07, 6.45) is 0.147. The van der Waals surface area contributed by atoms with Crippen LogP contribution in [-0.2, 0) is 11.2 Å². The summed E-state index contributed by atoms with van der Waals surface area (Å²) in [5.41, 5.74) is 5.95. The maximum absolute atomic E-state index is 10.5. The predicted octanol–water partition coefficient (Wildman–Crippen LogP) is 1.00. The van der Waals surface area contributed by atoms with Gasteiger partial charge in [0.25, 0.3) is 0 Å². The number of hydrogen-bond donors (Lipinski definition) is 3. The third kappa shape index (κ3) is 2.61. The summed E-state index contributed by atoms with van der Waals surface area (Å²) in [5, 5.41) is 17.9. The lowest BCUT2D eigenvalue weighted by atomic mass is 10.1. The number of halogens is 1. The number of hydrogen-bond acceptors (Lipinski definition) is 3. The molecule has 0 amide bonds. The molecule has 76 valence electrons. The molecule has 1 aromatic rings. The normalized spacial score (nSPS) is 12.4. The molecule has 0 heterocycles. The van der Waals surface area contributed by atoms with Crippen LogP contribution in [0.4, 0.5) is 0 Å². The van der Waals surface area contributed by atoms with Crippen LogP contribution in [0, 0.1) is 0 Å². The fourth-order valence-electron chi connectivity index (χ4n) is 1.03. The van der Waals surface area contributed by atoms with Gasteiger partial charge in [-0.2, -0.15) is 0 Å². The van der Waals surface area contributed by atoms with E-state index in [-0.39, 0.29) is 12.2 Å². The number of nitrogens with two attached hydrogens (primary N) is 1. The highest BCUT2D eigenvalue weighted by atomic mass is 35.5. The van der Waals surface area contributed by atoms with Gasteiger partial charge in [-0.1, -0.05) is 17.7 Å². The Bertz CT molecular complexity index is 354. The highest BCUT2D eigenvalue weighted by Crippen LogP contribution is 2.22. The lowest BCUT2D eigenvalue weighted by molar-refractivity contribution is -0.138. The maximum Gasteiger partial charge on any atom is 0.320 e. The number of carbonyl (C=O) groups is 1. The number of phenolic OH excluding ortho intramolecular Hbond substituents is 1. The molecular weight excluding hydrogens is 206 g/mol. The van der Waals surface area contributed by atoms with Crippen LogP contribution in [-0.4, -0.2) is 22.2 Å². The molecule has 14 heavy (non-hydrogen) atoms. The van der Waals surface area contributed by atoms with Crippen LogP contribution in [0.3, 0.4) is 0 Å². The summed E-state index contributed by atoms with van der Waals surface area (Å²) >= 11 is 5.77. The molecule has 0 unspecified atom stereocenters. The van der Waals surface area contributed by atoms with E-state index < -0.39 is 12.0 Å². The molecule has 0 saturated carbocycles. The monoisotopic (exact) mass is 215 g/mol. The van der Waals surface area contributed by atoms with Crippen molar-refractivity contribution in [2.24, 2.45) is 5.73 Å². The van der Waals surface area contributed by atoms with E-state index in [2.05, 4.69) is 0 Å². The van der Waals surface area contributed by atoms with Gasteiger partial charge in [0, 0.05) is 5.02 Å². The molecule has 0 aliphatic rings. The number of aromatic hydroxyl groups is 1. The molecule has 0 saturated heterocycles. The van der Waals surface area contributed by atoms with Gasteiger partial charge in [-0.15, -0.1) is 0 Å². The van der Waals surface area contributed by atoms with Gasteiger partial charge in [0.05, 0.1) is 0 Å². The molecule has 0 spiro atoms. The van der Waals surface area contributed by atoms with Gasteiger partial charge in [0.2, 0.25) is 0 Å². The van der Waals surface area contributed by atoms with Crippen LogP contribution in [0.25, 0.3) is 0 Å². The summed E-state index contributed by atoms with van der Waals surface area (Å²) in [6, 6.07) is 3.37. The second-order valence-electron chi connectivity index (χ2n) is 2.92. The first-order chi connectivity index (χ1) is 6.50. The van der Waals surface area contributed by atoms with E-state index in [0.29, 0.717) is 10.6 Å². The molecule has 4 nitrogen and oxygen atoms in total. The third-order valence-electron chi connectivity index (χ3n) is 1.79. The van der Waals surface area contributed by atoms with Gasteiger partial charge in [-0.05, 0) is 24.1 Å². The van der Waals surface area contributed by atoms with E-state index in [1.54, 1.807) is 6.07 Å². The Morgan fingerprint density at radius 1 is 1.57 bits per heavy atom. The Labute approximate surface area is 85.9 Å². The Hall–Kier alpha value is -1.26. The number of carboxylic acids is 1. The van der Waals surface area contributed by atoms with Crippen molar-refractivity contribution in [2.45, 2.75) is 12.5 Å². The first-order valence-electron chi connectivity index (χ1n) is 3.96. The van der Waals surface area contributed by atoms with Crippen molar-refractivity contribution in [1.82, 2.24) is 0 Å². The highest BCUT2D eigenvalue weighted by Gasteiger charge is 2.13. The van der Waals surface area contributed by atoms with Crippen LogP contribution >= 0.6 is 11.6 Å². The number of benzene rings is 1. The van der Waals surface area contributed by atoms with Crippen molar-refractivity contribution in [1.29, 1.82) is 0 Å². The zero-order chi connectivity index (χ0) is 10.7. The summed E-state index contributed by atoms with van der Waals surface area (Å²) in [5.74, 6) is -1.03. The van der Waals surface area contributed by atoms with E-state index in [1.165, 1.54) is 12.1 Å². The second-order valence-corrected chi connectivity index (χ2v) is 3.33. The zero-order valence-corrected chi connectivity index (χ0v) is 8.03. The lowest BCUT2D eigenvalue weighted by Crippen LogP contribution is -2.32. The average molecular weight is 216 g/mol. The summed E-state index contributed by atoms with van der Waals surface area (Å²) < 4.78 is 0. The first-order valence-corrected chi connectivity index (χ1v) is 4.34. The van der Waals surface area contributed by atoms with Crippen molar-refractivity contribution in [3.8, 4) is 5.75 Å². The van der Waals surface area contributed by atoms with Gasteiger partial charge in [-0.3, -0.25) is 4.79 Å². The van der Waals surface area contributed by atoms with Gasteiger partial charge in [-0.25, -0.2) is 0 Å². The molecule has 0 aliphatic carbocycles. The fraction of sp³-hybridized carbons (Fsp3) is 0.222. The maximum atomic E-state index is 10.5. The largest absolute Gasteiger partial charge is 0.508 e. The van der Waals surface area contributed by atoms with E-state index in [4.69, 9.17) is 27.5 Å². The quantitative estimate of drug-likeness (QED) is 0.703. The van der Waals surface area contributed by atoms with E-state index >= 15 is 0 Å². The molecule has 1 aromatic carbocycles. The molecule has 0 aliphatic heterocycles. The molecule has 0 fully saturated rings. The fourth-order valence-corrected chi connectivity index (χ4v) is 1.28. The molecule has 0 aromatic heterocycles. The molecule has 4 N–H and O–H groups in total. The number of rotatable bonds is 3. The Kier molecular flexibility index (Phi) is 3.33. The molecule has 5 heteroatoms. The van der Waals surface area contributed by atoms with E-state index in [0.717, 1.165) is 0 Å². The smallest absolute Gasteiger partial charge is 0.320 e. The predicted molar refractivity (Wildman–Crippen MR) is 52.4 cm³/mol. The average Bonchev–Trinajstić information content (AvgIpc) is 2.09. The second kappa shape index (κ2) is 4.30. The zero-order valence-electron chi connectivity index (χ0n) is 7.27. The molecule has 1 atom stereocenters. The topological polar surface area (TPSA) is 83.5 Å². The third-order valence-corrected chi connectivity index (χ3v) is 2.15. The van der Waals surface area contributed by atoms with Gasteiger partial charge in [0.1, 0.15) is 11.8 Å². The summed E-state index contributed by atoms with van der Waals surface area (Å²) in [6.45, 7) is 0. The van der Waals surface area contributed by atoms with Crippen molar-refractivity contribution >= 4 is 17.6 Å². The van der Waals surface area contributed by atoms with Crippen LogP contribution in [0.2, 0.25) is 5.02 Å². The Morgan fingerprint density at radius 3 is 2.71 bits per heavy atom. The van der Waals surface area contributed by atoms with E-state index in [1.807, 2.05) is 0 Å². The minimum Gasteiger partial charge on any atom is -0.508 e. The van der Waals surface area contributed by atoms with E-state index in [9.17, 15) is 4.79 Å². The van der Waals surface area contributed by atoms with Crippen LogP contribution in [0.5, 0.6) is 5.75 Å². The SMILES string of the molecule is N[C@H](Cc1ccc(O)cc1Cl)C(=O)O. The van der Waals surface area contributed by atoms with Gasteiger partial charge in [0.15, 0.2) is 0 Å². The minimum absolute atomic E-state index is 0.0441. The molecule has 0 radical (unpaired) electrons. The number of phenols is 1. The van der Waals surface area contributed by atoms with Gasteiger partial charge < -0.3 is 15.9 Å². The van der Waals surface area contributed by atoms with Crippen molar-refractivity contribution in [3.63, 3.8) is 0 Å². The molecule has 0 bridgehead atoms. The van der Waals surface area contributed by atoms with Gasteiger partial charge >= 0.3 is 5.97 Å². The number of aliphatic carboxylic acids is 1. The molecule has 1 rings (SSSR count). The van der Waals surface area contributed by atoms with Crippen molar-refractivity contribution < 1.29 is 15.0 Å². The minimum atomic E-state index is -1.07. The standard InChI is InChI=1S/C9H10ClNO3/c10-7-4-6(12)2-1-5(7)3-8(11)9(13)14/h1-2,4,8,12H,3,11H2,(H,13,14)/t8-/m1/s1. The van der Waals surface area contributed by atoms with Crippen LogP contribution in [0.15, 0.2) is 18.2 Å². The van der Waals surface area contributed by atoms with Crippen molar-refractivity contribution in [3.05, 3.63) is 28.8 Å². The number of carboxylic acid groups (broad SMARTS) is 1. The molecular formula is C9H10ClNO3. The summed E-state index contributed by atoms with van der Waals surface area (Å²) in [4.78, 5) is 10.5. The van der Waals surface area contributed by atoms with Crippen LogP contribution in [0.1, 0.15) is 5.56 Å². The highest BCUT2D eigenvalue weighted by molar-refractivity contribution is 6.31. The Balaban J connectivity index is 2.82. The van der Waals surface area contributed by atoms with Crippen molar-refractivity contribution in [2.75, 3.05) is 0 Å².